The molecule has 0 saturated heterocycles. The van der Waals surface area contributed by atoms with Crippen molar-refractivity contribution in [2.75, 3.05) is 0 Å². The summed E-state index contributed by atoms with van der Waals surface area (Å²) in [4.78, 5) is 0. The lowest BCUT2D eigenvalue weighted by Gasteiger charge is -2.03. The van der Waals surface area contributed by atoms with Crippen LogP contribution in [0.5, 0.6) is 0 Å². The molecule has 0 spiro atoms. The molecule has 0 amide bonds. The summed E-state index contributed by atoms with van der Waals surface area (Å²) in [6, 6.07) is 22.6. The molecule has 2 aromatic heterocycles. The minimum Gasteiger partial charge on any atom is -0.134 e. The first-order valence-electron chi connectivity index (χ1n) is 14.2. The van der Waals surface area contributed by atoms with Gasteiger partial charge in [-0.1, -0.05) is 107 Å². The summed E-state index contributed by atoms with van der Waals surface area (Å²) in [5, 5.41) is 2.79. The van der Waals surface area contributed by atoms with Gasteiger partial charge in [0.15, 0.2) is 0 Å². The standard InChI is InChI=1S/C35H38S2/c1-3-5-6-7-8-9-10-11-13-28-20-22-30-32(24-28)36-35-31-23-21-29(25-33(31)37-34(30)35)19-18-27-16-14-26(12-4-2)15-17-27/h14-17,20-25H,3-13H2,1-2H3. The van der Waals surface area contributed by atoms with Gasteiger partial charge in [-0.05, 0) is 60.7 Å². The largest absolute Gasteiger partial charge is 0.134 e. The highest BCUT2D eigenvalue weighted by molar-refractivity contribution is 7.36. The van der Waals surface area contributed by atoms with Gasteiger partial charge in [0.1, 0.15) is 0 Å². The number of fused-ring (bicyclic) bond motifs is 5. The van der Waals surface area contributed by atoms with Gasteiger partial charge in [-0.25, -0.2) is 0 Å². The molecule has 0 aliphatic rings. The highest BCUT2D eigenvalue weighted by Crippen LogP contribution is 2.44. The van der Waals surface area contributed by atoms with Gasteiger partial charge < -0.3 is 0 Å². The van der Waals surface area contributed by atoms with Crippen molar-refractivity contribution in [3.8, 4) is 11.8 Å². The molecule has 5 rings (SSSR count). The van der Waals surface area contributed by atoms with Crippen molar-refractivity contribution in [3.05, 3.63) is 82.9 Å². The molecular formula is C35H38S2. The first kappa shape index (κ1) is 26.0. The van der Waals surface area contributed by atoms with E-state index in [-0.39, 0.29) is 0 Å². The SMILES string of the molecule is CCCCCCCCCCc1ccc2c(c1)sc1c3ccc(C#Cc4ccc(CCC)cc4)cc3sc21. The molecule has 0 unspecified atom stereocenters. The summed E-state index contributed by atoms with van der Waals surface area (Å²) in [7, 11) is 0. The van der Waals surface area contributed by atoms with E-state index in [9.17, 15) is 0 Å². The van der Waals surface area contributed by atoms with Gasteiger partial charge in [-0.15, -0.1) is 22.7 Å². The third kappa shape index (κ3) is 6.46. The van der Waals surface area contributed by atoms with E-state index in [0.717, 1.165) is 17.5 Å². The summed E-state index contributed by atoms with van der Waals surface area (Å²) in [6.45, 7) is 4.51. The summed E-state index contributed by atoms with van der Waals surface area (Å²) in [5.74, 6) is 6.74. The van der Waals surface area contributed by atoms with Gasteiger partial charge in [0.05, 0.1) is 9.40 Å². The molecule has 5 aromatic rings. The Morgan fingerprint density at radius 3 is 1.78 bits per heavy atom. The molecule has 0 aliphatic carbocycles. The molecular weight excluding hydrogens is 485 g/mol. The fourth-order valence-corrected chi connectivity index (χ4v) is 7.94. The van der Waals surface area contributed by atoms with E-state index in [1.807, 2.05) is 22.7 Å². The maximum atomic E-state index is 3.39. The number of benzene rings is 3. The van der Waals surface area contributed by atoms with E-state index in [4.69, 9.17) is 0 Å². The number of rotatable bonds is 11. The maximum absolute atomic E-state index is 3.39. The Morgan fingerprint density at radius 2 is 1.08 bits per heavy atom. The predicted molar refractivity (Wildman–Crippen MR) is 167 cm³/mol. The molecule has 0 nitrogen and oxygen atoms in total. The van der Waals surface area contributed by atoms with Crippen molar-refractivity contribution in [2.45, 2.75) is 84.5 Å². The van der Waals surface area contributed by atoms with Gasteiger partial charge in [0.2, 0.25) is 0 Å². The Balaban J connectivity index is 1.26. The smallest absolute Gasteiger partial charge is 0.0542 e. The zero-order chi connectivity index (χ0) is 25.5. The Morgan fingerprint density at radius 1 is 0.514 bits per heavy atom. The van der Waals surface area contributed by atoms with Crippen LogP contribution in [0.15, 0.2) is 60.7 Å². The number of thiophene rings is 2. The summed E-state index contributed by atoms with van der Waals surface area (Å²) in [6.07, 6.45) is 14.6. The van der Waals surface area contributed by atoms with E-state index in [2.05, 4.69) is 86.4 Å². The van der Waals surface area contributed by atoms with Crippen molar-refractivity contribution in [2.24, 2.45) is 0 Å². The minimum absolute atomic E-state index is 1.08. The van der Waals surface area contributed by atoms with Gasteiger partial charge >= 0.3 is 0 Å². The van der Waals surface area contributed by atoms with Crippen molar-refractivity contribution < 1.29 is 0 Å². The Hall–Kier alpha value is -2.60. The van der Waals surface area contributed by atoms with Crippen LogP contribution in [0.4, 0.5) is 0 Å². The van der Waals surface area contributed by atoms with Crippen molar-refractivity contribution in [1.82, 2.24) is 0 Å². The van der Waals surface area contributed by atoms with Crippen LogP contribution >= 0.6 is 22.7 Å². The fraction of sp³-hybridized carbons (Fsp3) is 0.371. The molecule has 0 saturated carbocycles. The second kappa shape index (κ2) is 12.8. The maximum Gasteiger partial charge on any atom is 0.0542 e. The average Bonchev–Trinajstić information content (AvgIpc) is 3.45. The molecule has 0 aliphatic heterocycles. The van der Waals surface area contributed by atoms with E-state index < -0.39 is 0 Å². The van der Waals surface area contributed by atoms with Crippen molar-refractivity contribution in [1.29, 1.82) is 0 Å². The normalized spacial score (nSPS) is 11.4. The van der Waals surface area contributed by atoms with Crippen molar-refractivity contribution >= 4 is 52.2 Å². The molecule has 0 fully saturated rings. The topological polar surface area (TPSA) is 0 Å². The summed E-state index contributed by atoms with van der Waals surface area (Å²) >= 11 is 3.88. The molecule has 0 bridgehead atoms. The first-order valence-corrected chi connectivity index (χ1v) is 15.9. The van der Waals surface area contributed by atoms with Crippen LogP contribution in [0.1, 0.15) is 93.9 Å². The molecule has 2 heteroatoms. The molecule has 0 radical (unpaired) electrons. The minimum atomic E-state index is 1.08. The van der Waals surface area contributed by atoms with Crippen LogP contribution in [0, 0.1) is 11.8 Å². The second-order valence-electron chi connectivity index (χ2n) is 10.3. The van der Waals surface area contributed by atoms with Gasteiger partial charge in [0.25, 0.3) is 0 Å². The Labute approximate surface area is 230 Å². The number of hydrogen-bond donors (Lipinski definition) is 0. The number of hydrogen-bond acceptors (Lipinski definition) is 2. The molecule has 37 heavy (non-hydrogen) atoms. The Bertz CT molecular complexity index is 1520. The molecule has 190 valence electrons. The monoisotopic (exact) mass is 522 g/mol. The zero-order valence-corrected chi connectivity index (χ0v) is 24.0. The van der Waals surface area contributed by atoms with Crippen LogP contribution in [-0.2, 0) is 12.8 Å². The third-order valence-corrected chi connectivity index (χ3v) is 9.81. The molecule has 2 heterocycles. The highest BCUT2D eigenvalue weighted by atomic mass is 32.1. The first-order chi connectivity index (χ1) is 18.2. The van der Waals surface area contributed by atoms with Gasteiger partial charge in [-0.3, -0.25) is 0 Å². The molecule has 0 N–H and O–H groups in total. The van der Waals surface area contributed by atoms with Gasteiger partial charge in [-0.2, -0.15) is 0 Å². The predicted octanol–water partition coefficient (Wildman–Crippen LogP) is 11.3. The third-order valence-electron chi connectivity index (χ3n) is 7.31. The quantitative estimate of drug-likeness (QED) is 0.119. The highest BCUT2D eigenvalue weighted by Gasteiger charge is 2.12. The van der Waals surface area contributed by atoms with Crippen LogP contribution in [0.3, 0.4) is 0 Å². The van der Waals surface area contributed by atoms with Crippen LogP contribution < -0.4 is 0 Å². The lowest BCUT2D eigenvalue weighted by Crippen LogP contribution is -1.86. The second-order valence-corrected chi connectivity index (χ2v) is 12.4. The number of unbranched alkanes of at least 4 members (excludes halogenated alkanes) is 7. The Kier molecular flexibility index (Phi) is 8.98. The van der Waals surface area contributed by atoms with Crippen LogP contribution in [0.25, 0.3) is 29.6 Å². The average molecular weight is 523 g/mol. The van der Waals surface area contributed by atoms with Crippen LogP contribution in [-0.4, -0.2) is 0 Å². The fourth-order valence-electron chi connectivity index (χ4n) is 5.18. The summed E-state index contributed by atoms with van der Waals surface area (Å²) < 4.78 is 5.65. The van der Waals surface area contributed by atoms with Crippen LogP contribution in [0.2, 0.25) is 0 Å². The van der Waals surface area contributed by atoms with Crippen molar-refractivity contribution in [3.63, 3.8) is 0 Å². The van der Waals surface area contributed by atoms with E-state index in [1.165, 1.54) is 105 Å². The van der Waals surface area contributed by atoms with Gasteiger partial charge in [0, 0.05) is 31.3 Å². The summed E-state index contributed by atoms with van der Waals surface area (Å²) in [5.41, 5.74) is 5.06. The zero-order valence-electron chi connectivity index (χ0n) is 22.4. The molecule has 3 aromatic carbocycles. The van der Waals surface area contributed by atoms with E-state index in [0.29, 0.717) is 0 Å². The lowest BCUT2D eigenvalue weighted by atomic mass is 10.0. The van der Waals surface area contributed by atoms with E-state index in [1.54, 1.807) is 0 Å². The van der Waals surface area contributed by atoms with E-state index >= 15 is 0 Å². The lowest BCUT2D eigenvalue weighted by molar-refractivity contribution is 0.575. The number of aryl methyl sites for hydroxylation is 2. The molecule has 0 atom stereocenters.